The molecule has 5 heteroatoms. The highest BCUT2D eigenvalue weighted by Gasteiger charge is 2.08. The molecule has 0 radical (unpaired) electrons. The van der Waals surface area contributed by atoms with Crippen LogP contribution in [0.25, 0.3) is 0 Å². The number of benzene rings is 1. The molecule has 0 saturated carbocycles. The molecule has 19 heavy (non-hydrogen) atoms. The molecule has 0 aliphatic rings. The predicted molar refractivity (Wildman–Crippen MR) is 76.2 cm³/mol. The minimum Gasteiger partial charge on any atom is -0.355 e. The van der Waals surface area contributed by atoms with Gasteiger partial charge in [0.25, 0.3) is 5.91 Å². The molecule has 3 N–H and O–H groups in total. The van der Waals surface area contributed by atoms with Crippen molar-refractivity contribution in [1.82, 2.24) is 10.6 Å². The van der Waals surface area contributed by atoms with Gasteiger partial charge in [0.15, 0.2) is 0 Å². The molecule has 2 amide bonds. The largest absolute Gasteiger partial charge is 0.355 e. The molecule has 0 saturated heterocycles. The molecule has 1 unspecified atom stereocenters. The van der Waals surface area contributed by atoms with Crippen LogP contribution in [0.15, 0.2) is 24.3 Å². The second-order valence-corrected chi connectivity index (χ2v) is 4.37. The summed E-state index contributed by atoms with van der Waals surface area (Å²) < 4.78 is 0. The van der Waals surface area contributed by atoms with Crippen molar-refractivity contribution in [2.75, 3.05) is 18.9 Å². The van der Waals surface area contributed by atoms with Crippen LogP contribution in [0.5, 0.6) is 0 Å². The molecule has 0 fully saturated rings. The van der Waals surface area contributed by atoms with E-state index in [0.29, 0.717) is 17.7 Å². The molecular weight excluding hydrogens is 242 g/mol. The van der Waals surface area contributed by atoms with E-state index < -0.39 is 0 Å². The Morgan fingerprint density at radius 2 is 1.84 bits per heavy atom. The van der Waals surface area contributed by atoms with E-state index >= 15 is 0 Å². The fourth-order valence-electron chi connectivity index (χ4n) is 1.76. The molecular formula is C14H21N3O2. The monoisotopic (exact) mass is 263 g/mol. The smallest absolute Gasteiger partial charge is 0.251 e. The first-order valence-corrected chi connectivity index (χ1v) is 6.42. The molecule has 0 bridgehead atoms. The average Bonchev–Trinajstić information content (AvgIpc) is 2.38. The van der Waals surface area contributed by atoms with Crippen LogP contribution in [0.3, 0.4) is 0 Å². The Balaban J connectivity index is 2.53. The lowest BCUT2D eigenvalue weighted by molar-refractivity contribution is -0.116. The van der Waals surface area contributed by atoms with Gasteiger partial charge in [0.1, 0.15) is 0 Å². The molecule has 5 nitrogen and oxygen atoms in total. The zero-order valence-electron chi connectivity index (χ0n) is 11.6. The summed E-state index contributed by atoms with van der Waals surface area (Å²) in [6.07, 6.45) is 0.422. The van der Waals surface area contributed by atoms with Crippen molar-refractivity contribution < 1.29 is 9.59 Å². The minimum atomic E-state index is -0.140. The summed E-state index contributed by atoms with van der Waals surface area (Å²) in [5, 5.41) is 8.53. The lowest BCUT2D eigenvalue weighted by Gasteiger charge is -2.12. The van der Waals surface area contributed by atoms with E-state index in [0.717, 1.165) is 6.54 Å². The molecule has 0 aliphatic heterocycles. The number of rotatable bonds is 6. The van der Waals surface area contributed by atoms with E-state index in [2.05, 4.69) is 16.0 Å². The Morgan fingerprint density at radius 3 is 2.37 bits per heavy atom. The summed E-state index contributed by atoms with van der Waals surface area (Å²) in [5.41, 5.74) is 1.27. The molecule has 1 aromatic carbocycles. The van der Waals surface area contributed by atoms with Gasteiger partial charge in [0.2, 0.25) is 5.91 Å². The third kappa shape index (κ3) is 5.09. The lowest BCUT2D eigenvalue weighted by atomic mass is 10.2. The lowest BCUT2D eigenvalue weighted by Crippen LogP contribution is -2.30. The number of carbonyl (C=O) groups is 2. The number of hydrogen-bond donors (Lipinski definition) is 3. The topological polar surface area (TPSA) is 70.2 Å². The van der Waals surface area contributed by atoms with Crippen LogP contribution in [0.1, 0.15) is 30.6 Å². The van der Waals surface area contributed by atoms with Crippen LogP contribution in [-0.2, 0) is 4.79 Å². The second-order valence-electron chi connectivity index (χ2n) is 4.37. The maximum absolute atomic E-state index is 11.7. The molecule has 104 valence electrons. The van der Waals surface area contributed by atoms with Gasteiger partial charge in [-0.05, 0) is 37.7 Å². The van der Waals surface area contributed by atoms with Crippen LogP contribution >= 0.6 is 0 Å². The van der Waals surface area contributed by atoms with Gasteiger partial charge in [-0.25, -0.2) is 0 Å². The number of hydrogen-bond acceptors (Lipinski definition) is 3. The maximum atomic E-state index is 11.7. The minimum absolute atomic E-state index is 0.0406. The third-order valence-electron chi connectivity index (χ3n) is 2.70. The van der Waals surface area contributed by atoms with E-state index in [4.69, 9.17) is 0 Å². The van der Waals surface area contributed by atoms with Gasteiger partial charge in [0.05, 0.1) is 0 Å². The van der Waals surface area contributed by atoms with E-state index in [1.807, 2.05) is 13.8 Å². The Labute approximate surface area is 113 Å². The van der Waals surface area contributed by atoms with Crippen LogP contribution in [-0.4, -0.2) is 31.4 Å². The second kappa shape index (κ2) is 7.53. The predicted octanol–water partition coefficient (Wildman–Crippen LogP) is 1.37. The van der Waals surface area contributed by atoms with E-state index in [9.17, 15) is 9.59 Å². The highest BCUT2D eigenvalue weighted by molar-refractivity contribution is 5.95. The van der Waals surface area contributed by atoms with Crippen molar-refractivity contribution in [2.24, 2.45) is 0 Å². The van der Waals surface area contributed by atoms with Crippen molar-refractivity contribution in [2.45, 2.75) is 26.3 Å². The van der Waals surface area contributed by atoms with Gasteiger partial charge in [-0.3, -0.25) is 9.59 Å². The highest BCUT2D eigenvalue weighted by atomic mass is 16.2. The van der Waals surface area contributed by atoms with Gasteiger partial charge in [-0.1, -0.05) is 6.92 Å². The average molecular weight is 263 g/mol. The van der Waals surface area contributed by atoms with E-state index in [1.54, 1.807) is 31.3 Å². The van der Waals surface area contributed by atoms with Gasteiger partial charge < -0.3 is 16.0 Å². The van der Waals surface area contributed by atoms with E-state index in [1.165, 1.54) is 0 Å². The first kappa shape index (κ1) is 15.2. The number of nitrogens with one attached hydrogen (secondary N) is 3. The molecule has 0 heterocycles. The Kier molecular flexibility index (Phi) is 6.02. The summed E-state index contributed by atoms with van der Waals surface area (Å²) in [7, 11) is 1.58. The number of amides is 2. The van der Waals surface area contributed by atoms with Crippen molar-refractivity contribution in [3.05, 3.63) is 29.8 Å². The van der Waals surface area contributed by atoms with Gasteiger partial charge >= 0.3 is 0 Å². The normalized spacial score (nSPS) is 11.7. The highest BCUT2D eigenvalue weighted by Crippen LogP contribution is 2.10. The van der Waals surface area contributed by atoms with Crippen LogP contribution < -0.4 is 16.0 Å². The van der Waals surface area contributed by atoms with Crippen molar-refractivity contribution >= 4 is 17.5 Å². The maximum Gasteiger partial charge on any atom is 0.251 e. The van der Waals surface area contributed by atoms with Gasteiger partial charge in [-0.2, -0.15) is 0 Å². The molecule has 1 aromatic rings. The zero-order chi connectivity index (χ0) is 14.3. The first-order chi connectivity index (χ1) is 9.06. The quantitative estimate of drug-likeness (QED) is 0.726. The van der Waals surface area contributed by atoms with Gasteiger partial charge in [-0.15, -0.1) is 0 Å². The number of anilines is 1. The molecule has 0 spiro atoms. The van der Waals surface area contributed by atoms with Crippen LogP contribution in [0, 0.1) is 0 Å². The zero-order valence-corrected chi connectivity index (χ0v) is 11.6. The Morgan fingerprint density at radius 1 is 1.21 bits per heavy atom. The van der Waals surface area contributed by atoms with Gasteiger partial charge in [0, 0.05) is 30.8 Å². The van der Waals surface area contributed by atoms with Crippen molar-refractivity contribution in [1.29, 1.82) is 0 Å². The first-order valence-electron chi connectivity index (χ1n) is 6.42. The summed E-state index contributed by atoms with van der Waals surface area (Å²) >= 11 is 0. The van der Waals surface area contributed by atoms with Crippen LogP contribution in [0.2, 0.25) is 0 Å². The Bertz CT molecular complexity index is 429. The summed E-state index contributed by atoms with van der Waals surface area (Å²) in [4.78, 5) is 23.1. The molecule has 0 aliphatic carbocycles. The Hall–Kier alpha value is -1.88. The SMILES string of the molecule is CCNC(C)CC(=O)Nc1ccc(C(=O)NC)cc1. The van der Waals surface area contributed by atoms with Crippen molar-refractivity contribution in [3.63, 3.8) is 0 Å². The molecule has 1 rings (SSSR count). The standard InChI is InChI=1S/C14H21N3O2/c1-4-16-10(2)9-13(18)17-12-7-5-11(6-8-12)14(19)15-3/h5-8,10,16H,4,9H2,1-3H3,(H,15,19)(H,17,18). The fraction of sp³-hybridized carbons (Fsp3) is 0.429. The molecule has 1 atom stereocenters. The van der Waals surface area contributed by atoms with E-state index in [-0.39, 0.29) is 17.9 Å². The fourth-order valence-corrected chi connectivity index (χ4v) is 1.76. The summed E-state index contributed by atoms with van der Waals surface area (Å²) in [6, 6.07) is 6.96. The third-order valence-corrected chi connectivity index (χ3v) is 2.70. The van der Waals surface area contributed by atoms with Crippen molar-refractivity contribution in [3.8, 4) is 0 Å². The number of carbonyl (C=O) groups excluding carboxylic acids is 2. The molecule has 0 aromatic heterocycles. The summed E-state index contributed by atoms with van der Waals surface area (Å²) in [5.74, 6) is -0.181. The van der Waals surface area contributed by atoms with Crippen LogP contribution in [0.4, 0.5) is 5.69 Å². The summed E-state index contributed by atoms with van der Waals surface area (Å²) in [6.45, 7) is 4.82.